The van der Waals surface area contributed by atoms with E-state index in [0.29, 0.717) is 12.3 Å². The summed E-state index contributed by atoms with van der Waals surface area (Å²) in [5, 5.41) is 4.90. The zero-order chi connectivity index (χ0) is 17.9. The van der Waals surface area contributed by atoms with Crippen molar-refractivity contribution >= 4 is 45.1 Å². The van der Waals surface area contributed by atoms with Gasteiger partial charge in [0.1, 0.15) is 10.8 Å². The third-order valence-electron chi connectivity index (χ3n) is 4.29. The van der Waals surface area contributed by atoms with E-state index in [2.05, 4.69) is 11.1 Å². The van der Waals surface area contributed by atoms with E-state index in [1.54, 1.807) is 27.6 Å². The first-order valence-corrected chi connectivity index (χ1v) is 11.7. The smallest absolute Gasteiger partial charge is 0.239 e. The van der Waals surface area contributed by atoms with Gasteiger partial charge in [-0.05, 0) is 35.9 Å². The van der Waals surface area contributed by atoms with E-state index < -0.39 is 10.8 Å². The third kappa shape index (κ3) is 3.79. The number of rotatable bonds is 5. The Kier molecular flexibility index (Phi) is 5.28. The highest BCUT2D eigenvalue weighted by Gasteiger charge is 2.23. The molecule has 134 valence electrons. The number of amides is 1. The largest absolute Gasteiger partial charge is 0.311 e. The summed E-state index contributed by atoms with van der Waals surface area (Å²) >= 11 is 3.20. The maximum absolute atomic E-state index is 12.7. The predicted molar refractivity (Wildman–Crippen MR) is 109 cm³/mol. The van der Waals surface area contributed by atoms with Crippen molar-refractivity contribution in [1.82, 2.24) is 4.98 Å². The number of aromatic nitrogens is 1. The maximum atomic E-state index is 12.7. The van der Waals surface area contributed by atoms with Gasteiger partial charge in [0, 0.05) is 28.4 Å². The van der Waals surface area contributed by atoms with Crippen molar-refractivity contribution in [2.24, 2.45) is 0 Å². The zero-order valence-electron chi connectivity index (χ0n) is 14.1. The summed E-state index contributed by atoms with van der Waals surface area (Å²) in [6.07, 6.45) is 1.94. The fourth-order valence-corrected chi connectivity index (χ4v) is 5.86. The molecular formula is C19H18N2O2S3. The van der Waals surface area contributed by atoms with Crippen LogP contribution in [0.4, 0.5) is 5.69 Å². The van der Waals surface area contributed by atoms with Gasteiger partial charge in [-0.1, -0.05) is 24.3 Å². The molecule has 1 aliphatic rings. The number of fused-ring (bicyclic) bond motifs is 1. The van der Waals surface area contributed by atoms with Crippen molar-refractivity contribution in [3.8, 4) is 9.88 Å². The Bertz CT molecular complexity index is 934. The Labute approximate surface area is 163 Å². The number of para-hydroxylation sites is 1. The molecule has 0 bridgehead atoms. The molecule has 2 aromatic heterocycles. The standard InChI is InChI=1S/C19H18N2O2S3/c22-18(21-9-3-6-14-5-1-2-7-16(14)21)13-26(23)12-15-11-25-19(20-15)17-8-4-10-24-17/h1-2,4-5,7-8,10-11H,3,6,9,12-13H2/t26-/m1/s1. The van der Waals surface area contributed by atoms with Gasteiger partial charge < -0.3 is 4.90 Å². The van der Waals surface area contributed by atoms with E-state index in [4.69, 9.17) is 0 Å². The Balaban J connectivity index is 1.40. The molecule has 0 aliphatic carbocycles. The molecule has 3 aromatic rings. The van der Waals surface area contributed by atoms with Crippen LogP contribution in [-0.2, 0) is 27.8 Å². The molecule has 4 rings (SSSR count). The minimum Gasteiger partial charge on any atom is -0.311 e. The van der Waals surface area contributed by atoms with Crippen LogP contribution in [0.25, 0.3) is 9.88 Å². The van der Waals surface area contributed by atoms with Crippen LogP contribution < -0.4 is 4.90 Å². The number of nitrogens with zero attached hydrogens (tertiary/aromatic N) is 2. The van der Waals surface area contributed by atoms with E-state index >= 15 is 0 Å². The predicted octanol–water partition coefficient (Wildman–Crippen LogP) is 4.10. The summed E-state index contributed by atoms with van der Waals surface area (Å²) < 4.78 is 12.5. The fourth-order valence-electron chi connectivity index (χ4n) is 3.11. The van der Waals surface area contributed by atoms with Gasteiger partial charge in [-0.25, -0.2) is 4.98 Å². The number of hydrogen-bond acceptors (Lipinski definition) is 5. The van der Waals surface area contributed by atoms with Gasteiger partial charge >= 0.3 is 0 Å². The molecule has 0 spiro atoms. The average Bonchev–Trinajstić information content (AvgIpc) is 3.32. The molecule has 4 nitrogen and oxygen atoms in total. The normalized spacial score (nSPS) is 14.8. The Hall–Kier alpha value is -1.83. The maximum Gasteiger partial charge on any atom is 0.239 e. The van der Waals surface area contributed by atoms with E-state index in [0.717, 1.165) is 34.1 Å². The number of anilines is 1. The first-order valence-electron chi connectivity index (χ1n) is 8.42. The molecule has 0 unspecified atom stereocenters. The van der Waals surface area contributed by atoms with Gasteiger partial charge in [0.15, 0.2) is 0 Å². The number of hydrogen-bond donors (Lipinski definition) is 0. The molecule has 0 fully saturated rings. The van der Waals surface area contributed by atoms with Crippen molar-refractivity contribution in [2.45, 2.75) is 18.6 Å². The van der Waals surface area contributed by atoms with Gasteiger partial charge in [-0.15, -0.1) is 22.7 Å². The van der Waals surface area contributed by atoms with Crippen molar-refractivity contribution in [1.29, 1.82) is 0 Å². The second kappa shape index (κ2) is 7.82. The van der Waals surface area contributed by atoms with Crippen LogP contribution in [0.3, 0.4) is 0 Å². The summed E-state index contributed by atoms with van der Waals surface area (Å²) in [5.41, 5.74) is 2.95. The lowest BCUT2D eigenvalue weighted by atomic mass is 10.0. The molecule has 0 N–H and O–H groups in total. The lowest BCUT2D eigenvalue weighted by Crippen LogP contribution is -2.38. The van der Waals surface area contributed by atoms with Gasteiger partial charge in [-0.3, -0.25) is 9.00 Å². The van der Waals surface area contributed by atoms with Crippen LogP contribution in [0.2, 0.25) is 0 Å². The Morgan fingerprint density at radius 2 is 2.08 bits per heavy atom. The molecular weight excluding hydrogens is 384 g/mol. The molecule has 0 radical (unpaired) electrons. The van der Waals surface area contributed by atoms with Crippen LogP contribution in [0.1, 0.15) is 17.7 Å². The lowest BCUT2D eigenvalue weighted by Gasteiger charge is -2.29. The summed E-state index contributed by atoms with van der Waals surface area (Å²) in [6.45, 7) is 0.701. The van der Waals surface area contributed by atoms with Gasteiger partial charge in [0.2, 0.25) is 5.91 Å². The molecule has 0 saturated heterocycles. The van der Waals surface area contributed by atoms with Crippen LogP contribution in [-0.4, -0.2) is 27.4 Å². The second-order valence-electron chi connectivity index (χ2n) is 6.13. The van der Waals surface area contributed by atoms with Crippen molar-refractivity contribution in [3.05, 3.63) is 58.4 Å². The number of carbonyl (C=O) groups excluding carboxylic acids is 1. The highest BCUT2D eigenvalue weighted by molar-refractivity contribution is 7.85. The number of aryl methyl sites for hydroxylation is 1. The fraction of sp³-hybridized carbons (Fsp3) is 0.263. The van der Waals surface area contributed by atoms with Crippen molar-refractivity contribution in [2.75, 3.05) is 17.2 Å². The van der Waals surface area contributed by atoms with Crippen LogP contribution in [0.15, 0.2) is 47.2 Å². The van der Waals surface area contributed by atoms with Crippen LogP contribution in [0.5, 0.6) is 0 Å². The summed E-state index contributed by atoms with van der Waals surface area (Å²) in [4.78, 5) is 20.1. The lowest BCUT2D eigenvalue weighted by molar-refractivity contribution is -0.116. The van der Waals surface area contributed by atoms with E-state index in [1.165, 1.54) is 5.56 Å². The summed E-state index contributed by atoms with van der Waals surface area (Å²) in [6, 6.07) is 12.0. The second-order valence-corrected chi connectivity index (χ2v) is 9.39. The highest BCUT2D eigenvalue weighted by Crippen LogP contribution is 2.29. The minimum absolute atomic E-state index is 0.0419. The minimum atomic E-state index is -1.26. The summed E-state index contributed by atoms with van der Waals surface area (Å²) in [5.74, 6) is 0.299. The highest BCUT2D eigenvalue weighted by atomic mass is 32.2. The number of benzene rings is 1. The third-order valence-corrected chi connectivity index (χ3v) is 7.41. The monoisotopic (exact) mass is 402 g/mol. The molecule has 7 heteroatoms. The van der Waals surface area contributed by atoms with Crippen LogP contribution >= 0.6 is 22.7 Å². The molecule has 1 aliphatic heterocycles. The number of thiazole rings is 1. The quantitative estimate of drug-likeness (QED) is 0.646. The molecule has 26 heavy (non-hydrogen) atoms. The van der Waals surface area contributed by atoms with E-state index in [1.807, 2.05) is 41.1 Å². The van der Waals surface area contributed by atoms with Crippen LogP contribution in [0, 0.1) is 0 Å². The SMILES string of the molecule is O=C(C[S@](=O)Cc1csc(-c2cccs2)n1)N1CCCc2ccccc21. The van der Waals surface area contributed by atoms with E-state index in [-0.39, 0.29) is 11.7 Å². The van der Waals surface area contributed by atoms with Gasteiger partial charge in [0.25, 0.3) is 0 Å². The molecule has 1 amide bonds. The van der Waals surface area contributed by atoms with E-state index in [9.17, 15) is 9.00 Å². The van der Waals surface area contributed by atoms with Crippen molar-refractivity contribution in [3.63, 3.8) is 0 Å². The first kappa shape index (κ1) is 17.6. The van der Waals surface area contributed by atoms with Gasteiger partial charge in [0.05, 0.1) is 16.3 Å². The van der Waals surface area contributed by atoms with Gasteiger partial charge in [-0.2, -0.15) is 0 Å². The first-order chi connectivity index (χ1) is 12.7. The number of thiophene rings is 1. The summed E-state index contributed by atoms with van der Waals surface area (Å²) in [7, 11) is -1.26. The van der Waals surface area contributed by atoms with Crippen molar-refractivity contribution < 1.29 is 9.00 Å². The molecule has 0 saturated carbocycles. The molecule has 1 aromatic carbocycles. The zero-order valence-corrected chi connectivity index (χ0v) is 16.5. The number of carbonyl (C=O) groups is 1. The molecule has 3 heterocycles. The molecule has 1 atom stereocenters. The average molecular weight is 403 g/mol. The Morgan fingerprint density at radius 1 is 1.19 bits per heavy atom. The Morgan fingerprint density at radius 3 is 2.92 bits per heavy atom. The topological polar surface area (TPSA) is 50.3 Å².